The normalized spacial score (nSPS) is 20.7. The highest BCUT2D eigenvalue weighted by Crippen LogP contribution is 2.47. The third kappa shape index (κ3) is 3.94. The molecule has 1 aromatic carbocycles. The number of hydrogen-bond donors (Lipinski definition) is 2. The van der Waals surface area contributed by atoms with Crippen LogP contribution in [0.2, 0.25) is 0 Å². The van der Waals surface area contributed by atoms with E-state index in [2.05, 4.69) is 26.2 Å². The van der Waals surface area contributed by atoms with Crippen LogP contribution in [-0.4, -0.2) is 39.7 Å². The summed E-state index contributed by atoms with van der Waals surface area (Å²) in [4.78, 5) is 20.9. The zero-order valence-corrected chi connectivity index (χ0v) is 19.3. The molecule has 1 aliphatic rings. The molecule has 3 aromatic rings. The van der Waals surface area contributed by atoms with Gasteiger partial charge in [0.1, 0.15) is 27.4 Å². The fourth-order valence-corrected chi connectivity index (χ4v) is 4.83. The van der Waals surface area contributed by atoms with E-state index in [1.165, 1.54) is 0 Å². The molecule has 0 unspecified atom stereocenters. The van der Waals surface area contributed by atoms with E-state index in [0.717, 1.165) is 34.8 Å². The molecule has 31 heavy (non-hydrogen) atoms. The minimum Gasteiger partial charge on any atom is -0.497 e. The summed E-state index contributed by atoms with van der Waals surface area (Å²) in [5.41, 5.74) is 1.09. The SMILES string of the molecule is COc1ccc(CNc2nccn3c([C@@H]4CC[C@](C)(C(=O)O)C4)nc(Br)c23)c(OC)c1. The van der Waals surface area contributed by atoms with Gasteiger partial charge in [0.2, 0.25) is 0 Å². The number of anilines is 1. The van der Waals surface area contributed by atoms with Gasteiger partial charge in [0.25, 0.3) is 0 Å². The van der Waals surface area contributed by atoms with E-state index in [4.69, 9.17) is 14.5 Å². The maximum atomic E-state index is 11.7. The van der Waals surface area contributed by atoms with Crippen molar-refractivity contribution in [3.05, 3.63) is 46.6 Å². The number of nitrogens with zero attached hydrogens (tertiary/aromatic N) is 3. The molecule has 1 aliphatic carbocycles. The van der Waals surface area contributed by atoms with Crippen molar-refractivity contribution in [1.29, 1.82) is 0 Å². The van der Waals surface area contributed by atoms with Crippen LogP contribution >= 0.6 is 15.9 Å². The first-order valence-corrected chi connectivity index (χ1v) is 10.9. The lowest BCUT2D eigenvalue weighted by Gasteiger charge is -2.17. The third-order valence-electron chi connectivity index (χ3n) is 6.10. The Balaban J connectivity index is 1.62. The molecule has 2 N–H and O–H groups in total. The highest BCUT2D eigenvalue weighted by Gasteiger charge is 2.43. The number of hydrogen-bond acceptors (Lipinski definition) is 6. The van der Waals surface area contributed by atoms with Crippen LogP contribution in [0.25, 0.3) is 5.52 Å². The third-order valence-corrected chi connectivity index (χ3v) is 6.66. The summed E-state index contributed by atoms with van der Waals surface area (Å²) in [5.74, 6) is 2.34. The van der Waals surface area contributed by atoms with E-state index in [-0.39, 0.29) is 5.92 Å². The molecule has 9 heteroatoms. The Bertz CT molecular complexity index is 1130. The van der Waals surface area contributed by atoms with Crippen LogP contribution in [0, 0.1) is 5.41 Å². The van der Waals surface area contributed by atoms with Crippen LogP contribution in [-0.2, 0) is 11.3 Å². The first-order chi connectivity index (χ1) is 14.9. The van der Waals surface area contributed by atoms with Gasteiger partial charge in [-0.3, -0.25) is 9.20 Å². The Morgan fingerprint density at radius 2 is 2.19 bits per heavy atom. The molecule has 0 radical (unpaired) electrons. The molecule has 2 heterocycles. The van der Waals surface area contributed by atoms with Crippen molar-refractivity contribution >= 4 is 33.2 Å². The van der Waals surface area contributed by atoms with E-state index in [9.17, 15) is 9.90 Å². The number of methoxy groups -OCH3 is 2. The standard InChI is InChI=1S/C22H25BrN4O4/c1-22(21(28)29)7-6-13(11-22)20-26-18(23)17-19(24-8-9-27(17)20)25-12-14-4-5-15(30-2)10-16(14)31-3/h4-5,8-10,13H,6-7,11-12H2,1-3H3,(H,24,25)(H,28,29)/t13-,22+/m1/s1. The van der Waals surface area contributed by atoms with E-state index in [1.54, 1.807) is 20.4 Å². The quantitative estimate of drug-likeness (QED) is 0.505. The van der Waals surface area contributed by atoms with Crippen molar-refractivity contribution in [1.82, 2.24) is 14.4 Å². The lowest BCUT2D eigenvalue weighted by atomic mass is 9.88. The van der Waals surface area contributed by atoms with Crippen LogP contribution in [0.15, 0.2) is 35.2 Å². The second-order valence-electron chi connectivity index (χ2n) is 8.09. The summed E-state index contributed by atoms with van der Waals surface area (Å²) in [6.07, 6.45) is 5.61. The summed E-state index contributed by atoms with van der Waals surface area (Å²) < 4.78 is 13.4. The topological polar surface area (TPSA) is 98.0 Å². The number of fused-ring (bicyclic) bond motifs is 1. The fourth-order valence-electron chi connectivity index (χ4n) is 4.27. The Labute approximate surface area is 188 Å². The van der Waals surface area contributed by atoms with Crippen molar-refractivity contribution in [3.8, 4) is 11.5 Å². The average Bonchev–Trinajstić information content (AvgIpc) is 3.33. The van der Waals surface area contributed by atoms with Crippen LogP contribution in [0.5, 0.6) is 11.5 Å². The molecular weight excluding hydrogens is 464 g/mol. The van der Waals surface area contributed by atoms with Gasteiger partial charge in [-0.05, 0) is 54.2 Å². The Hall–Kier alpha value is -2.81. The van der Waals surface area contributed by atoms with E-state index in [1.807, 2.05) is 35.7 Å². The highest BCUT2D eigenvalue weighted by atomic mass is 79.9. The number of imidazole rings is 1. The van der Waals surface area contributed by atoms with Gasteiger partial charge in [0.15, 0.2) is 5.82 Å². The number of halogens is 1. The molecule has 0 amide bonds. The van der Waals surface area contributed by atoms with E-state index < -0.39 is 11.4 Å². The fraction of sp³-hybridized carbons (Fsp3) is 0.409. The molecule has 2 aromatic heterocycles. The zero-order valence-electron chi connectivity index (χ0n) is 17.7. The van der Waals surface area contributed by atoms with Gasteiger partial charge in [-0.2, -0.15) is 0 Å². The summed E-state index contributed by atoms with van der Waals surface area (Å²) >= 11 is 3.58. The van der Waals surface area contributed by atoms with Crippen LogP contribution < -0.4 is 14.8 Å². The largest absolute Gasteiger partial charge is 0.497 e. The van der Waals surface area contributed by atoms with Gasteiger partial charge in [0, 0.05) is 36.5 Å². The zero-order chi connectivity index (χ0) is 22.2. The second-order valence-corrected chi connectivity index (χ2v) is 8.84. The number of ether oxygens (including phenoxy) is 2. The van der Waals surface area contributed by atoms with Gasteiger partial charge in [-0.25, -0.2) is 9.97 Å². The van der Waals surface area contributed by atoms with Gasteiger partial charge in [-0.1, -0.05) is 0 Å². The van der Waals surface area contributed by atoms with Gasteiger partial charge in [-0.15, -0.1) is 0 Å². The highest BCUT2D eigenvalue weighted by molar-refractivity contribution is 9.10. The van der Waals surface area contributed by atoms with Gasteiger partial charge < -0.3 is 19.9 Å². The number of carboxylic acid groups (broad SMARTS) is 1. The molecule has 164 valence electrons. The van der Waals surface area contributed by atoms with Crippen molar-refractivity contribution < 1.29 is 19.4 Å². The average molecular weight is 489 g/mol. The summed E-state index contributed by atoms with van der Waals surface area (Å²) in [5, 5.41) is 13.0. The molecule has 0 spiro atoms. The first-order valence-electron chi connectivity index (χ1n) is 10.1. The van der Waals surface area contributed by atoms with Crippen LogP contribution in [0.3, 0.4) is 0 Å². The molecule has 0 saturated heterocycles. The molecule has 4 rings (SSSR count). The van der Waals surface area contributed by atoms with Crippen molar-refractivity contribution in [3.63, 3.8) is 0 Å². The van der Waals surface area contributed by atoms with Crippen LogP contribution in [0.4, 0.5) is 5.82 Å². The maximum Gasteiger partial charge on any atom is 0.309 e. The minimum absolute atomic E-state index is 0.0804. The van der Waals surface area contributed by atoms with E-state index in [0.29, 0.717) is 29.8 Å². The molecular formula is C22H25BrN4O4. The number of rotatable bonds is 7. The summed E-state index contributed by atoms with van der Waals surface area (Å²) in [6, 6.07) is 5.68. The van der Waals surface area contributed by atoms with Gasteiger partial charge in [0.05, 0.1) is 19.6 Å². The first kappa shape index (κ1) is 21.4. The minimum atomic E-state index is -0.743. The second kappa shape index (κ2) is 8.37. The Morgan fingerprint density at radius 3 is 2.87 bits per heavy atom. The summed E-state index contributed by atoms with van der Waals surface area (Å²) in [6.45, 7) is 2.32. The van der Waals surface area contributed by atoms with Crippen LogP contribution in [0.1, 0.15) is 43.5 Å². The smallest absolute Gasteiger partial charge is 0.309 e. The summed E-state index contributed by atoms with van der Waals surface area (Å²) in [7, 11) is 3.25. The lowest BCUT2D eigenvalue weighted by molar-refractivity contribution is -0.147. The van der Waals surface area contributed by atoms with Crippen molar-refractivity contribution in [2.24, 2.45) is 5.41 Å². The molecule has 8 nitrogen and oxygen atoms in total. The van der Waals surface area contributed by atoms with Crippen molar-refractivity contribution in [2.75, 3.05) is 19.5 Å². The van der Waals surface area contributed by atoms with Gasteiger partial charge >= 0.3 is 5.97 Å². The van der Waals surface area contributed by atoms with Crippen molar-refractivity contribution in [2.45, 2.75) is 38.6 Å². The molecule has 1 fully saturated rings. The Morgan fingerprint density at radius 1 is 1.39 bits per heavy atom. The predicted octanol–water partition coefficient (Wildman–Crippen LogP) is 4.48. The Kier molecular flexibility index (Phi) is 5.79. The number of aliphatic carboxylic acids is 1. The molecule has 1 saturated carbocycles. The number of benzene rings is 1. The number of carboxylic acids is 1. The molecule has 0 bridgehead atoms. The number of aromatic nitrogens is 3. The maximum absolute atomic E-state index is 11.7. The monoisotopic (exact) mass is 488 g/mol. The molecule has 0 aliphatic heterocycles. The van der Waals surface area contributed by atoms with E-state index >= 15 is 0 Å². The number of nitrogens with one attached hydrogen (secondary N) is 1. The predicted molar refractivity (Wildman–Crippen MR) is 120 cm³/mol. The lowest BCUT2D eigenvalue weighted by Crippen LogP contribution is -2.24. The molecule has 2 atom stereocenters. The number of carbonyl (C=O) groups is 1.